The molecule has 3 aromatic rings. The van der Waals surface area contributed by atoms with E-state index in [2.05, 4.69) is 10.3 Å². The zero-order chi connectivity index (χ0) is 25.7. The van der Waals surface area contributed by atoms with Crippen LogP contribution in [0.3, 0.4) is 0 Å². The van der Waals surface area contributed by atoms with Crippen LogP contribution in [0.1, 0.15) is 33.8 Å². The Hall–Kier alpha value is -3.53. The van der Waals surface area contributed by atoms with Gasteiger partial charge in [-0.2, -0.15) is 4.99 Å². The van der Waals surface area contributed by atoms with E-state index in [1.165, 1.54) is 12.1 Å². The molecule has 0 aromatic heterocycles. The lowest BCUT2D eigenvalue weighted by molar-refractivity contribution is -0.117. The Bertz CT molecular complexity index is 1300. The molecule has 0 fully saturated rings. The van der Waals surface area contributed by atoms with Crippen LogP contribution < -0.4 is 22.5 Å². The third-order valence-corrected chi connectivity index (χ3v) is 5.79. The number of halogens is 4. The van der Waals surface area contributed by atoms with Gasteiger partial charge in [-0.25, -0.2) is 8.78 Å². The Kier molecular flexibility index (Phi) is 8.39. The average Bonchev–Trinajstić information content (AvgIpc) is 2.79. The number of amidine groups is 1. The fraction of sp³-hybridized carbons (Fsp3) is 0.125. The standard InChI is InChI=1S/C24H21Cl2F2N5O2/c25-19-3-1-12(9-20(19)26)17(5-6-29)24(35)32-16-2-4-21(30)18(11-16)22(31)33-23(34)13-7-14(27)10-15(28)8-13/h1-4,7-11,17H,5-6,29-30H2,(H,32,35)(H2,31,33,34). The number of nitrogens with two attached hydrogens (primary N) is 3. The van der Waals surface area contributed by atoms with Crippen LogP contribution in [0.15, 0.2) is 59.6 Å². The number of carbonyl (C=O) groups is 2. The topological polar surface area (TPSA) is 137 Å². The van der Waals surface area contributed by atoms with E-state index in [0.29, 0.717) is 33.8 Å². The summed E-state index contributed by atoms with van der Waals surface area (Å²) in [5.41, 5.74) is 18.6. The van der Waals surface area contributed by atoms with E-state index in [1.54, 1.807) is 24.3 Å². The maximum absolute atomic E-state index is 13.4. The van der Waals surface area contributed by atoms with Gasteiger partial charge in [0.15, 0.2) is 0 Å². The summed E-state index contributed by atoms with van der Waals surface area (Å²) in [4.78, 5) is 29.1. The van der Waals surface area contributed by atoms with E-state index in [-0.39, 0.29) is 35.1 Å². The van der Waals surface area contributed by atoms with Crippen LogP contribution in [0.5, 0.6) is 0 Å². The van der Waals surface area contributed by atoms with Crippen LogP contribution in [0.25, 0.3) is 0 Å². The highest BCUT2D eigenvalue weighted by atomic mass is 35.5. The van der Waals surface area contributed by atoms with Gasteiger partial charge in [0.05, 0.1) is 16.0 Å². The van der Waals surface area contributed by atoms with Crippen LogP contribution in [0.4, 0.5) is 20.2 Å². The molecule has 11 heteroatoms. The first-order valence-corrected chi connectivity index (χ1v) is 11.0. The number of carbonyl (C=O) groups excluding carboxylic acids is 2. The second-order valence-corrected chi connectivity index (χ2v) is 8.37. The van der Waals surface area contributed by atoms with E-state index >= 15 is 0 Å². The second-order valence-electron chi connectivity index (χ2n) is 7.56. The molecular weight excluding hydrogens is 499 g/mol. The summed E-state index contributed by atoms with van der Waals surface area (Å²) < 4.78 is 26.8. The van der Waals surface area contributed by atoms with Crippen molar-refractivity contribution in [2.75, 3.05) is 17.6 Å². The van der Waals surface area contributed by atoms with Gasteiger partial charge in [-0.05, 0) is 61.0 Å². The number of aliphatic imine (C=N–C) groups is 1. The van der Waals surface area contributed by atoms with Gasteiger partial charge in [0.1, 0.15) is 17.5 Å². The molecule has 0 bridgehead atoms. The van der Waals surface area contributed by atoms with E-state index in [0.717, 1.165) is 12.1 Å². The van der Waals surface area contributed by atoms with Crippen molar-refractivity contribution in [2.45, 2.75) is 12.3 Å². The second kappa shape index (κ2) is 11.3. The fourth-order valence-electron chi connectivity index (χ4n) is 3.34. The number of nitrogens with zero attached hydrogens (tertiary/aromatic N) is 1. The summed E-state index contributed by atoms with van der Waals surface area (Å²) in [5, 5.41) is 3.42. The number of benzene rings is 3. The molecule has 7 nitrogen and oxygen atoms in total. The number of nitrogens with one attached hydrogen (secondary N) is 1. The predicted molar refractivity (Wildman–Crippen MR) is 134 cm³/mol. The van der Waals surface area contributed by atoms with Crippen LogP contribution in [-0.4, -0.2) is 24.2 Å². The maximum Gasteiger partial charge on any atom is 0.279 e. The molecule has 3 rings (SSSR count). The summed E-state index contributed by atoms with van der Waals surface area (Å²) in [6, 6.07) is 11.6. The lowest BCUT2D eigenvalue weighted by Crippen LogP contribution is -2.24. The molecule has 0 aliphatic carbocycles. The number of nitrogen functional groups attached to an aromatic ring is 1. The van der Waals surface area contributed by atoms with Gasteiger partial charge in [0.25, 0.3) is 5.91 Å². The summed E-state index contributed by atoms with van der Waals surface area (Å²) in [6.45, 7) is 0.244. The molecule has 2 amide bonds. The highest BCUT2D eigenvalue weighted by Gasteiger charge is 2.21. The number of hydrogen-bond donors (Lipinski definition) is 4. The first-order chi connectivity index (χ1) is 16.6. The van der Waals surface area contributed by atoms with Crippen molar-refractivity contribution in [1.82, 2.24) is 0 Å². The van der Waals surface area contributed by atoms with Crippen molar-refractivity contribution in [3.05, 3.63) is 93.0 Å². The van der Waals surface area contributed by atoms with E-state index in [4.69, 9.17) is 40.4 Å². The highest BCUT2D eigenvalue weighted by molar-refractivity contribution is 6.42. The monoisotopic (exact) mass is 519 g/mol. The normalized spacial score (nSPS) is 12.3. The Balaban J connectivity index is 1.86. The number of anilines is 2. The average molecular weight is 520 g/mol. The van der Waals surface area contributed by atoms with E-state index in [1.807, 2.05) is 0 Å². The van der Waals surface area contributed by atoms with Gasteiger partial charge >= 0.3 is 0 Å². The Morgan fingerprint density at radius 1 is 0.971 bits per heavy atom. The fourth-order valence-corrected chi connectivity index (χ4v) is 3.65. The van der Waals surface area contributed by atoms with Gasteiger partial charge < -0.3 is 22.5 Å². The maximum atomic E-state index is 13.4. The molecule has 0 saturated carbocycles. The minimum atomic E-state index is -0.961. The lowest BCUT2D eigenvalue weighted by atomic mass is 9.94. The zero-order valence-electron chi connectivity index (χ0n) is 18.2. The molecule has 0 aliphatic rings. The summed E-state index contributed by atoms with van der Waals surface area (Å²) in [5.74, 6) is -4.10. The van der Waals surface area contributed by atoms with E-state index < -0.39 is 23.5 Å². The van der Waals surface area contributed by atoms with Crippen molar-refractivity contribution >= 4 is 52.2 Å². The Morgan fingerprint density at radius 2 is 1.66 bits per heavy atom. The molecule has 0 radical (unpaired) electrons. The zero-order valence-corrected chi connectivity index (χ0v) is 19.7. The van der Waals surface area contributed by atoms with Crippen molar-refractivity contribution in [2.24, 2.45) is 16.5 Å². The number of hydrogen-bond acceptors (Lipinski definition) is 4. The third kappa shape index (κ3) is 6.54. The third-order valence-electron chi connectivity index (χ3n) is 5.05. The van der Waals surface area contributed by atoms with Crippen LogP contribution >= 0.6 is 23.2 Å². The predicted octanol–water partition coefficient (Wildman–Crippen LogP) is 4.47. The van der Waals surface area contributed by atoms with Gasteiger partial charge in [-0.15, -0.1) is 0 Å². The van der Waals surface area contributed by atoms with Crippen LogP contribution in [0.2, 0.25) is 10.0 Å². The molecule has 3 aromatic carbocycles. The van der Waals surface area contributed by atoms with Gasteiger partial charge in [-0.3, -0.25) is 9.59 Å². The van der Waals surface area contributed by atoms with Crippen molar-refractivity contribution in [1.29, 1.82) is 0 Å². The van der Waals surface area contributed by atoms with Crippen molar-refractivity contribution in [3.8, 4) is 0 Å². The molecule has 7 N–H and O–H groups in total. The first-order valence-electron chi connectivity index (χ1n) is 10.3. The molecular formula is C24H21Cl2F2N5O2. The summed E-state index contributed by atoms with van der Waals surface area (Å²) in [7, 11) is 0. The molecule has 0 aliphatic heterocycles. The lowest BCUT2D eigenvalue weighted by Gasteiger charge is -2.18. The Labute approximate surface area is 209 Å². The number of rotatable bonds is 7. The van der Waals surface area contributed by atoms with Gasteiger partial charge in [0, 0.05) is 28.6 Å². The van der Waals surface area contributed by atoms with Crippen molar-refractivity contribution < 1.29 is 18.4 Å². The molecule has 0 spiro atoms. The highest BCUT2D eigenvalue weighted by Crippen LogP contribution is 2.29. The first kappa shape index (κ1) is 26.1. The SMILES string of the molecule is NCCC(C(=O)Nc1ccc(N)c(C(N)=NC(=O)c2cc(F)cc(F)c2)c1)c1ccc(Cl)c(Cl)c1. The molecule has 182 valence electrons. The van der Waals surface area contributed by atoms with Crippen molar-refractivity contribution in [3.63, 3.8) is 0 Å². The summed E-state index contributed by atoms with van der Waals surface area (Å²) in [6.07, 6.45) is 0.341. The summed E-state index contributed by atoms with van der Waals surface area (Å²) >= 11 is 12.1. The van der Waals surface area contributed by atoms with Crippen LogP contribution in [0, 0.1) is 11.6 Å². The van der Waals surface area contributed by atoms with Gasteiger partial charge in [-0.1, -0.05) is 29.3 Å². The molecule has 0 heterocycles. The largest absolute Gasteiger partial charge is 0.398 e. The number of amides is 2. The van der Waals surface area contributed by atoms with Gasteiger partial charge in [0.2, 0.25) is 5.91 Å². The molecule has 0 saturated heterocycles. The van der Waals surface area contributed by atoms with Crippen LogP contribution in [-0.2, 0) is 4.79 Å². The molecule has 35 heavy (non-hydrogen) atoms. The minimum absolute atomic E-state index is 0.151. The van der Waals surface area contributed by atoms with E-state index in [9.17, 15) is 18.4 Å². The quantitative estimate of drug-likeness (QED) is 0.207. The molecule has 1 unspecified atom stereocenters. The smallest absolute Gasteiger partial charge is 0.279 e. The minimum Gasteiger partial charge on any atom is -0.398 e. The Morgan fingerprint density at radius 3 is 2.29 bits per heavy atom. The molecule has 1 atom stereocenters.